The van der Waals surface area contributed by atoms with Gasteiger partial charge in [-0.15, -0.1) is 0 Å². The fourth-order valence-electron chi connectivity index (χ4n) is 1.53. The Morgan fingerprint density at radius 2 is 2.00 bits per heavy atom. The van der Waals surface area contributed by atoms with Crippen molar-refractivity contribution in [2.45, 2.75) is 6.92 Å². The first-order chi connectivity index (χ1) is 6.33. The number of pyridine rings is 1. The molecule has 0 saturated carbocycles. The third-order valence-electron chi connectivity index (χ3n) is 2.22. The van der Waals surface area contributed by atoms with E-state index in [1.807, 2.05) is 24.4 Å². The van der Waals surface area contributed by atoms with E-state index in [4.69, 9.17) is 4.84 Å². The summed E-state index contributed by atoms with van der Waals surface area (Å²) in [4.78, 5) is 5.20. The van der Waals surface area contributed by atoms with E-state index in [0.29, 0.717) is 0 Å². The third kappa shape index (κ3) is 1.24. The van der Waals surface area contributed by atoms with Crippen molar-refractivity contribution in [3.8, 4) is 0 Å². The van der Waals surface area contributed by atoms with E-state index in [1.54, 1.807) is 11.8 Å². The Morgan fingerprint density at radius 1 is 1.15 bits per heavy atom. The molecule has 0 atom stereocenters. The normalized spacial score (nSPS) is 10.3. The molecule has 13 heavy (non-hydrogen) atoms. The first kappa shape index (κ1) is 8.05. The number of nitrogens with zero attached hydrogens (tertiary/aromatic N) is 1. The van der Waals surface area contributed by atoms with Crippen LogP contribution in [0.25, 0.3) is 10.9 Å². The molecule has 66 valence electrons. The second kappa shape index (κ2) is 3.05. The van der Waals surface area contributed by atoms with Crippen LogP contribution in [0.4, 0.5) is 0 Å². The molecule has 2 nitrogen and oxygen atoms in total. The molecule has 0 spiro atoms. The molecule has 0 N–H and O–H groups in total. The monoisotopic (exact) mass is 174 g/mol. The molecule has 2 heteroatoms. The van der Waals surface area contributed by atoms with Crippen LogP contribution in [0.15, 0.2) is 36.5 Å². The predicted molar refractivity (Wildman–Crippen MR) is 51.4 cm³/mol. The summed E-state index contributed by atoms with van der Waals surface area (Å²) >= 11 is 0. The second-order valence-corrected chi connectivity index (χ2v) is 3.02. The van der Waals surface area contributed by atoms with Gasteiger partial charge in [0.1, 0.15) is 7.11 Å². The number of benzene rings is 1. The van der Waals surface area contributed by atoms with Crippen LogP contribution in [0.2, 0.25) is 0 Å². The lowest BCUT2D eigenvalue weighted by molar-refractivity contribution is -0.865. The molecule has 0 aliphatic carbocycles. The lowest BCUT2D eigenvalue weighted by Gasteiger charge is -1.98. The van der Waals surface area contributed by atoms with Gasteiger partial charge in [-0.2, -0.15) is 0 Å². The van der Waals surface area contributed by atoms with Crippen molar-refractivity contribution < 1.29 is 9.57 Å². The topological polar surface area (TPSA) is 13.1 Å². The van der Waals surface area contributed by atoms with Crippen molar-refractivity contribution in [1.82, 2.24) is 0 Å². The Hall–Kier alpha value is -1.57. The zero-order valence-corrected chi connectivity index (χ0v) is 7.82. The van der Waals surface area contributed by atoms with Gasteiger partial charge in [0.2, 0.25) is 6.20 Å². The highest BCUT2D eigenvalue weighted by atomic mass is 16.6. The van der Waals surface area contributed by atoms with E-state index in [-0.39, 0.29) is 0 Å². The smallest absolute Gasteiger partial charge is 0.264 e. The standard InChI is InChI=1S/C11H12NO/c1-9-5-3-7-11-10(9)6-4-8-12(11)13-2/h3-8H,1-2H3/q+1. The highest BCUT2D eigenvalue weighted by molar-refractivity contribution is 5.78. The van der Waals surface area contributed by atoms with Crippen LogP contribution in [-0.4, -0.2) is 7.11 Å². The van der Waals surface area contributed by atoms with E-state index in [0.717, 1.165) is 5.52 Å². The van der Waals surface area contributed by atoms with Gasteiger partial charge in [-0.3, -0.25) is 4.84 Å². The number of hydrogen-bond acceptors (Lipinski definition) is 1. The molecule has 2 rings (SSSR count). The van der Waals surface area contributed by atoms with Crippen molar-refractivity contribution in [2.24, 2.45) is 0 Å². The molecule has 0 amide bonds. The number of aromatic nitrogens is 1. The summed E-state index contributed by atoms with van der Waals surface area (Å²) in [5, 5.41) is 1.23. The van der Waals surface area contributed by atoms with Crippen LogP contribution in [0.5, 0.6) is 0 Å². The summed E-state index contributed by atoms with van der Waals surface area (Å²) in [6, 6.07) is 10.3. The van der Waals surface area contributed by atoms with Gasteiger partial charge in [0, 0.05) is 16.9 Å². The van der Waals surface area contributed by atoms with Gasteiger partial charge in [-0.1, -0.05) is 12.1 Å². The molecule has 1 aromatic heterocycles. The maximum absolute atomic E-state index is 5.20. The summed E-state index contributed by atoms with van der Waals surface area (Å²) in [6.45, 7) is 2.10. The Bertz CT molecular complexity index is 437. The first-order valence-corrected chi connectivity index (χ1v) is 4.27. The fraction of sp³-hybridized carbons (Fsp3) is 0.182. The van der Waals surface area contributed by atoms with E-state index in [2.05, 4.69) is 19.1 Å². The second-order valence-electron chi connectivity index (χ2n) is 3.02. The predicted octanol–water partition coefficient (Wildman–Crippen LogP) is 1.49. The molecule has 0 unspecified atom stereocenters. The minimum Gasteiger partial charge on any atom is -0.274 e. The zero-order chi connectivity index (χ0) is 9.26. The first-order valence-electron chi connectivity index (χ1n) is 4.27. The van der Waals surface area contributed by atoms with Crippen LogP contribution in [-0.2, 0) is 0 Å². The van der Waals surface area contributed by atoms with Crippen LogP contribution >= 0.6 is 0 Å². The highest BCUT2D eigenvalue weighted by Gasteiger charge is 2.08. The van der Waals surface area contributed by atoms with Crippen molar-refractivity contribution in [3.05, 3.63) is 42.1 Å². The molecule has 0 aliphatic rings. The lowest BCUT2D eigenvalue weighted by atomic mass is 10.1. The Kier molecular flexibility index (Phi) is 1.89. The largest absolute Gasteiger partial charge is 0.274 e. The lowest BCUT2D eigenvalue weighted by Crippen LogP contribution is -2.40. The molecule has 0 aliphatic heterocycles. The molecule has 0 fully saturated rings. The SMILES string of the molecule is CO[n+]1cccc2c(C)cccc21. The highest BCUT2D eigenvalue weighted by Crippen LogP contribution is 2.13. The molecule has 0 saturated heterocycles. The van der Waals surface area contributed by atoms with Crippen LogP contribution in [0.3, 0.4) is 0 Å². The quantitative estimate of drug-likeness (QED) is 0.597. The Morgan fingerprint density at radius 3 is 2.77 bits per heavy atom. The third-order valence-corrected chi connectivity index (χ3v) is 2.22. The number of rotatable bonds is 1. The molecule has 0 radical (unpaired) electrons. The van der Waals surface area contributed by atoms with Crippen molar-refractivity contribution >= 4 is 10.9 Å². The van der Waals surface area contributed by atoms with Gasteiger partial charge >= 0.3 is 0 Å². The number of aryl methyl sites for hydroxylation is 1. The van der Waals surface area contributed by atoms with Gasteiger partial charge in [-0.25, -0.2) is 0 Å². The maximum atomic E-state index is 5.20. The van der Waals surface area contributed by atoms with Crippen molar-refractivity contribution in [1.29, 1.82) is 0 Å². The van der Waals surface area contributed by atoms with Gasteiger partial charge in [0.05, 0.1) is 5.39 Å². The van der Waals surface area contributed by atoms with Gasteiger partial charge in [-0.05, 0) is 18.6 Å². The van der Waals surface area contributed by atoms with E-state index in [1.165, 1.54) is 10.9 Å². The van der Waals surface area contributed by atoms with Crippen LogP contribution < -0.4 is 9.57 Å². The zero-order valence-electron chi connectivity index (χ0n) is 7.82. The van der Waals surface area contributed by atoms with E-state index < -0.39 is 0 Å². The van der Waals surface area contributed by atoms with Crippen molar-refractivity contribution in [3.63, 3.8) is 0 Å². The summed E-state index contributed by atoms with van der Waals surface area (Å²) in [5.41, 5.74) is 2.37. The van der Waals surface area contributed by atoms with Gasteiger partial charge in [0.15, 0.2) is 0 Å². The van der Waals surface area contributed by atoms with Crippen LogP contribution in [0, 0.1) is 6.92 Å². The minimum absolute atomic E-state index is 1.10. The van der Waals surface area contributed by atoms with Crippen molar-refractivity contribution in [2.75, 3.05) is 7.11 Å². The molecule has 0 bridgehead atoms. The number of fused-ring (bicyclic) bond motifs is 1. The average molecular weight is 174 g/mol. The Labute approximate surface area is 77.3 Å². The molecule has 1 aromatic carbocycles. The molecule has 1 heterocycles. The summed E-state index contributed by atoms with van der Waals surface area (Å²) in [7, 11) is 1.67. The van der Waals surface area contributed by atoms with Crippen LogP contribution in [0.1, 0.15) is 5.56 Å². The van der Waals surface area contributed by atoms with Gasteiger partial charge < -0.3 is 0 Å². The van der Waals surface area contributed by atoms with E-state index >= 15 is 0 Å². The maximum Gasteiger partial charge on any atom is 0.264 e. The van der Waals surface area contributed by atoms with E-state index in [9.17, 15) is 0 Å². The summed E-state index contributed by atoms with van der Waals surface area (Å²) in [5.74, 6) is 0. The molecule has 2 aromatic rings. The summed E-state index contributed by atoms with van der Waals surface area (Å²) < 4.78 is 1.77. The average Bonchev–Trinajstić information content (AvgIpc) is 2.18. The molecular formula is C11H12NO+. The minimum atomic E-state index is 1.10. The number of hydrogen-bond donors (Lipinski definition) is 0. The summed E-state index contributed by atoms with van der Waals surface area (Å²) in [6.07, 6.45) is 1.90. The van der Waals surface area contributed by atoms with Gasteiger partial charge in [0.25, 0.3) is 5.52 Å². The molecular weight excluding hydrogens is 162 g/mol. The fourth-order valence-corrected chi connectivity index (χ4v) is 1.53. The Balaban J connectivity index is 2.84.